The molecule has 1 saturated heterocycles. The summed E-state index contributed by atoms with van der Waals surface area (Å²) in [6, 6.07) is 29.4. The lowest BCUT2D eigenvalue weighted by molar-refractivity contribution is -0.115. The first-order valence-corrected chi connectivity index (χ1v) is 11.5. The molecular formula is C27H22N2O2S. The van der Waals surface area contributed by atoms with E-state index in [4.69, 9.17) is 0 Å². The molecule has 5 rings (SSSR count). The fraction of sp³-hybridized carbons (Fsp3) is 0.111. The zero-order chi connectivity index (χ0) is 22.1. The van der Waals surface area contributed by atoms with E-state index in [9.17, 15) is 9.59 Å². The largest absolute Gasteiger partial charge is 0.322 e. The Kier molecular flexibility index (Phi) is 5.41. The van der Waals surface area contributed by atoms with Gasteiger partial charge < -0.3 is 5.32 Å². The van der Waals surface area contributed by atoms with Crippen molar-refractivity contribution in [2.75, 3.05) is 16.0 Å². The number of nitrogens with zero attached hydrogens (tertiary/aromatic N) is 1. The second kappa shape index (κ2) is 8.52. The highest BCUT2D eigenvalue weighted by Gasteiger charge is 2.34. The predicted octanol–water partition coefficient (Wildman–Crippen LogP) is 6.18. The summed E-state index contributed by atoms with van der Waals surface area (Å²) in [4.78, 5) is 27.4. The highest BCUT2D eigenvalue weighted by molar-refractivity contribution is 8.00. The average molecular weight is 439 g/mol. The molecule has 1 heterocycles. The van der Waals surface area contributed by atoms with Crippen LogP contribution in [0.15, 0.2) is 91.0 Å². The van der Waals surface area contributed by atoms with Crippen molar-refractivity contribution in [3.8, 4) is 0 Å². The molecule has 5 heteroatoms. The van der Waals surface area contributed by atoms with Gasteiger partial charge in [0, 0.05) is 16.9 Å². The Morgan fingerprint density at radius 3 is 2.50 bits per heavy atom. The Bertz CT molecular complexity index is 1310. The van der Waals surface area contributed by atoms with Gasteiger partial charge in [-0.2, -0.15) is 0 Å². The van der Waals surface area contributed by atoms with Crippen molar-refractivity contribution in [2.45, 2.75) is 12.3 Å². The second-order valence-electron chi connectivity index (χ2n) is 7.87. The van der Waals surface area contributed by atoms with Crippen LogP contribution in [0, 0.1) is 6.92 Å². The number of rotatable bonds is 4. The number of amides is 2. The Morgan fingerprint density at radius 1 is 0.938 bits per heavy atom. The smallest absolute Gasteiger partial charge is 0.256 e. The van der Waals surface area contributed by atoms with Gasteiger partial charge in [-0.1, -0.05) is 60.7 Å². The maximum Gasteiger partial charge on any atom is 0.256 e. The summed E-state index contributed by atoms with van der Waals surface area (Å²) < 4.78 is 0. The molecule has 4 aromatic rings. The molecule has 32 heavy (non-hydrogen) atoms. The maximum absolute atomic E-state index is 12.9. The molecule has 0 aromatic heterocycles. The first-order chi connectivity index (χ1) is 15.6. The fourth-order valence-electron chi connectivity index (χ4n) is 4.08. The summed E-state index contributed by atoms with van der Waals surface area (Å²) in [5, 5.41) is 4.89. The van der Waals surface area contributed by atoms with Gasteiger partial charge in [0.2, 0.25) is 5.91 Å². The van der Waals surface area contributed by atoms with Gasteiger partial charge in [0.1, 0.15) is 5.37 Å². The molecule has 1 atom stereocenters. The molecule has 1 N–H and O–H groups in total. The topological polar surface area (TPSA) is 49.4 Å². The van der Waals surface area contributed by atoms with Crippen LogP contribution in [0.1, 0.15) is 26.9 Å². The third-order valence-electron chi connectivity index (χ3n) is 5.64. The molecule has 0 saturated carbocycles. The van der Waals surface area contributed by atoms with Crippen molar-refractivity contribution in [1.29, 1.82) is 0 Å². The van der Waals surface area contributed by atoms with Gasteiger partial charge in [-0.3, -0.25) is 14.5 Å². The molecule has 0 spiro atoms. The van der Waals surface area contributed by atoms with Crippen molar-refractivity contribution in [2.24, 2.45) is 0 Å². The lowest BCUT2D eigenvalue weighted by Gasteiger charge is -2.25. The Labute approximate surface area is 191 Å². The minimum Gasteiger partial charge on any atom is -0.322 e. The van der Waals surface area contributed by atoms with Gasteiger partial charge >= 0.3 is 0 Å². The zero-order valence-electron chi connectivity index (χ0n) is 17.6. The Morgan fingerprint density at radius 2 is 1.69 bits per heavy atom. The number of anilines is 2. The van der Waals surface area contributed by atoms with Crippen molar-refractivity contribution >= 4 is 45.7 Å². The third-order valence-corrected chi connectivity index (χ3v) is 6.85. The highest BCUT2D eigenvalue weighted by Crippen LogP contribution is 2.42. The first-order valence-electron chi connectivity index (χ1n) is 10.5. The zero-order valence-corrected chi connectivity index (χ0v) is 18.4. The average Bonchev–Trinajstić information content (AvgIpc) is 3.20. The summed E-state index contributed by atoms with van der Waals surface area (Å²) in [6.07, 6.45) is 0. The van der Waals surface area contributed by atoms with Crippen LogP contribution in [-0.2, 0) is 4.79 Å². The standard InChI is InChI=1S/C27H22N2O2S/c1-18-6-4-9-22(16-18)29-25(30)17-32-27(29)20-12-14-21(15-13-20)28-26(31)24-11-5-8-19-7-2-3-10-23(19)24/h2-16,27H,17H2,1H3,(H,28,31)/t27-/m1/s1. The summed E-state index contributed by atoms with van der Waals surface area (Å²) in [5.41, 5.74) is 4.44. The molecule has 4 nitrogen and oxygen atoms in total. The van der Waals surface area contributed by atoms with Crippen molar-refractivity contribution in [3.63, 3.8) is 0 Å². The molecule has 1 aliphatic heterocycles. The Hall–Kier alpha value is -3.57. The number of nitrogens with one attached hydrogen (secondary N) is 1. The Balaban J connectivity index is 1.37. The number of carbonyl (C=O) groups is 2. The maximum atomic E-state index is 12.9. The van der Waals surface area contributed by atoms with Crippen molar-refractivity contribution in [3.05, 3.63) is 108 Å². The molecule has 0 radical (unpaired) electrons. The van der Waals surface area contributed by atoms with Gasteiger partial charge in [-0.05, 0) is 59.2 Å². The number of hydrogen-bond donors (Lipinski definition) is 1. The van der Waals surface area contributed by atoms with E-state index in [0.717, 1.165) is 33.3 Å². The number of fused-ring (bicyclic) bond motifs is 1. The monoisotopic (exact) mass is 438 g/mol. The number of hydrogen-bond acceptors (Lipinski definition) is 3. The van der Waals surface area contributed by atoms with E-state index in [1.807, 2.05) is 103 Å². The van der Waals surface area contributed by atoms with Gasteiger partial charge in [0.25, 0.3) is 5.91 Å². The number of aryl methyl sites for hydroxylation is 1. The third kappa shape index (κ3) is 3.87. The number of carbonyl (C=O) groups excluding carboxylic acids is 2. The summed E-state index contributed by atoms with van der Waals surface area (Å²) in [5.74, 6) is 0.429. The minimum atomic E-state index is -0.138. The van der Waals surface area contributed by atoms with Crippen LogP contribution in [0.2, 0.25) is 0 Å². The molecule has 0 bridgehead atoms. The SMILES string of the molecule is Cc1cccc(N2C(=O)CS[C@@H]2c2ccc(NC(=O)c3cccc4ccccc34)cc2)c1. The van der Waals surface area contributed by atoms with Crippen LogP contribution in [-0.4, -0.2) is 17.6 Å². The highest BCUT2D eigenvalue weighted by atomic mass is 32.2. The predicted molar refractivity (Wildman–Crippen MR) is 132 cm³/mol. The van der Waals surface area contributed by atoms with Crippen molar-refractivity contribution < 1.29 is 9.59 Å². The molecule has 0 aliphatic carbocycles. The van der Waals surface area contributed by atoms with E-state index in [2.05, 4.69) is 5.32 Å². The molecule has 1 aliphatic rings. The van der Waals surface area contributed by atoms with E-state index in [1.165, 1.54) is 0 Å². The van der Waals surface area contributed by atoms with Crippen LogP contribution in [0.3, 0.4) is 0 Å². The van der Waals surface area contributed by atoms with E-state index < -0.39 is 0 Å². The van der Waals surface area contributed by atoms with E-state index >= 15 is 0 Å². The summed E-state index contributed by atoms with van der Waals surface area (Å²) in [7, 11) is 0. The molecule has 2 amide bonds. The van der Waals surface area contributed by atoms with E-state index in [1.54, 1.807) is 11.8 Å². The quantitative estimate of drug-likeness (QED) is 0.414. The number of benzene rings is 4. The van der Waals surface area contributed by atoms with Crippen LogP contribution in [0.4, 0.5) is 11.4 Å². The minimum absolute atomic E-state index is 0.0767. The van der Waals surface area contributed by atoms with Gasteiger partial charge in [0.05, 0.1) is 5.75 Å². The number of thioether (sulfide) groups is 1. The van der Waals surface area contributed by atoms with Crippen molar-refractivity contribution in [1.82, 2.24) is 0 Å². The second-order valence-corrected chi connectivity index (χ2v) is 8.94. The normalized spacial score (nSPS) is 15.8. The summed E-state index contributed by atoms with van der Waals surface area (Å²) >= 11 is 1.62. The van der Waals surface area contributed by atoms with E-state index in [0.29, 0.717) is 11.3 Å². The molecule has 158 valence electrons. The molecule has 4 aromatic carbocycles. The van der Waals surface area contributed by atoms with Gasteiger partial charge in [0.15, 0.2) is 0 Å². The lowest BCUT2D eigenvalue weighted by atomic mass is 10.0. The molecule has 1 fully saturated rings. The first kappa shape index (κ1) is 20.3. The van der Waals surface area contributed by atoms with E-state index in [-0.39, 0.29) is 17.2 Å². The molecular weight excluding hydrogens is 416 g/mol. The van der Waals surface area contributed by atoms with Crippen LogP contribution in [0.25, 0.3) is 10.8 Å². The lowest BCUT2D eigenvalue weighted by Crippen LogP contribution is -2.27. The van der Waals surface area contributed by atoms with Gasteiger partial charge in [-0.25, -0.2) is 0 Å². The van der Waals surface area contributed by atoms with Crippen LogP contribution < -0.4 is 10.2 Å². The van der Waals surface area contributed by atoms with Crippen LogP contribution >= 0.6 is 11.8 Å². The fourth-order valence-corrected chi connectivity index (χ4v) is 5.26. The van der Waals surface area contributed by atoms with Gasteiger partial charge in [-0.15, -0.1) is 11.8 Å². The van der Waals surface area contributed by atoms with Crippen LogP contribution in [0.5, 0.6) is 0 Å². The molecule has 0 unspecified atom stereocenters. The summed E-state index contributed by atoms with van der Waals surface area (Å²) in [6.45, 7) is 2.03.